The Bertz CT molecular complexity index is 1100. The van der Waals surface area contributed by atoms with Crippen LogP contribution in [0.1, 0.15) is 49.2 Å². The number of benzene rings is 2. The zero-order valence-electron chi connectivity index (χ0n) is 20.1. The topological polar surface area (TPSA) is 105 Å². The van der Waals surface area contributed by atoms with Crippen molar-refractivity contribution in [2.45, 2.75) is 50.6 Å². The Balaban J connectivity index is 1.52. The third kappa shape index (κ3) is 6.43. The van der Waals surface area contributed by atoms with Crippen LogP contribution in [0.25, 0.3) is 0 Å². The van der Waals surface area contributed by atoms with Gasteiger partial charge in [-0.2, -0.15) is 4.31 Å². The molecule has 2 aromatic rings. The summed E-state index contributed by atoms with van der Waals surface area (Å²) in [7, 11) is -3.56. The molecule has 2 N–H and O–H groups in total. The molecule has 0 saturated carbocycles. The molecule has 2 amide bonds. The van der Waals surface area contributed by atoms with E-state index >= 15 is 0 Å². The van der Waals surface area contributed by atoms with Gasteiger partial charge in [0.05, 0.1) is 18.1 Å². The molecule has 0 bridgehead atoms. The van der Waals surface area contributed by atoms with E-state index < -0.39 is 16.1 Å². The maximum atomic E-state index is 12.7. The lowest BCUT2D eigenvalue weighted by Gasteiger charge is -2.26. The van der Waals surface area contributed by atoms with Crippen LogP contribution in [0.3, 0.4) is 0 Å². The second-order valence-electron chi connectivity index (χ2n) is 9.40. The van der Waals surface area contributed by atoms with Crippen LogP contribution in [0.4, 0.5) is 0 Å². The molecular weight excluding hydrogens is 454 g/mol. The number of amides is 2. The Kier molecular flexibility index (Phi) is 8.12. The third-order valence-electron chi connectivity index (χ3n) is 5.75. The van der Waals surface area contributed by atoms with Gasteiger partial charge in [0.25, 0.3) is 5.91 Å². The van der Waals surface area contributed by atoms with Gasteiger partial charge in [-0.1, -0.05) is 45.0 Å². The standard InChI is InChI=1S/C25H33N3O5S/c1-18(27-24(30)20-7-9-21(10-8-20)25(2,3)4)23(29)26-17-19-5-11-22(12-6-19)34(31,32)28-13-15-33-16-14-28/h5-12,18H,13-17H2,1-4H3,(H,26,29)(H,27,30)/t18-/m0/s1. The number of sulfonamides is 1. The monoisotopic (exact) mass is 487 g/mol. The number of rotatable bonds is 7. The second-order valence-corrected chi connectivity index (χ2v) is 11.3. The average Bonchev–Trinajstić information content (AvgIpc) is 2.82. The zero-order chi connectivity index (χ0) is 24.9. The minimum absolute atomic E-state index is 0.00687. The summed E-state index contributed by atoms with van der Waals surface area (Å²) in [5.74, 6) is -0.648. The van der Waals surface area contributed by atoms with Crippen LogP contribution in [0, 0.1) is 0 Å². The molecule has 8 nitrogen and oxygen atoms in total. The molecule has 1 aliphatic heterocycles. The largest absolute Gasteiger partial charge is 0.379 e. The van der Waals surface area contributed by atoms with E-state index in [0.29, 0.717) is 31.9 Å². The summed E-state index contributed by atoms with van der Waals surface area (Å²) in [6, 6.07) is 13.1. The van der Waals surface area contributed by atoms with E-state index in [1.54, 1.807) is 43.3 Å². The summed E-state index contributed by atoms with van der Waals surface area (Å²) in [6.07, 6.45) is 0. The van der Waals surface area contributed by atoms with Crippen molar-refractivity contribution < 1.29 is 22.7 Å². The molecule has 1 fully saturated rings. The maximum absolute atomic E-state index is 12.7. The van der Waals surface area contributed by atoms with Crippen molar-refractivity contribution in [3.8, 4) is 0 Å². The van der Waals surface area contributed by atoms with Gasteiger partial charge in [-0.3, -0.25) is 9.59 Å². The van der Waals surface area contributed by atoms with E-state index in [0.717, 1.165) is 11.1 Å². The van der Waals surface area contributed by atoms with Gasteiger partial charge >= 0.3 is 0 Å². The molecule has 1 aliphatic rings. The smallest absolute Gasteiger partial charge is 0.251 e. The molecule has 1 saturated heterocycles. The lowest BCUT2D eigenvalue weighted by atomic mass is 9.86. The molecule has 34 heavy (non-hydrogen) atoms. The number of carbonyl (C=O) groups excluding carboxylic acids is 2. The Morgan fingerprint density at radius 2 is 1.59 bits per heavy atom. The van der Waals surface area contributed by atoms with Crippen molar-refractivity contribution in [2.75, 3.05) is 26.3 Å². The lowest BCUT2D eigenvalue weighted by Crippen LogP contribution is -2.44. The summed E-state index contributed by atoms with van der Waals surface area (Å²) in [4.78, 5) is 25.2. The van der Waals surface area contributed by atoms with Crippen LogP contribution >= 0.6 is 0 Å². The lowest BCUT2D eigenvalue weighted by molar-refractivity contribution is -0.122. The SMILES string of the molecule is C[C@H](NC(=O)c1ccc(C(C)(C)C)cc1)C(=O)NCc1ccc(S(=O)(=O)N2CCOCC2)cc1. The summed E-state index contributed by atoms with van der Waals surface area (Å²) in [5.41, 5.74) is 2.36. The number of nitrogens with one attached hydrogen (secondary N) is 2. The van der Waals surface area contributed by atoms with Gasteiger partial charge in [0, 0.05) is 25.2 Å². The van der Waals surface area contributed by atoms with Gasteiger partial charge in [-0.15, -0.1) is 0 Å². The van der Waals surface area contributed by atoms with E-state index in [2.05, 4.69) is 31.4 Å². The fourth-order valence-corrected chi connectivity index (χ4v) is 4.93. The fourth-order valence-electron chi connectivity index (χ4n) is 3.52. The second kappa shape index (κ2) is 10.7. The third-order valence-corrected chi connectivity index (χ3v) is 7.66. The number of ether oxygens (including phenoxy) is 1. The molecule has 0 aromatic heterocycles. The van der Waals surface area contributed by atoms with Gasteiger partial charge in [-0.05, 0) is 47.7 Å². The van der Waals surface area contributed by atoms with Crippen molar-refractivity contribution in [2.24, 2.45) is 0 Å². The number of hydrogen-bond acceptors (Lipinski definition) is 5. The highest BCUT2D eigenvalue weighted by atomic mass is 32.2. The van der Waals surface area contributed by atoms with Crippen molar-refractivity contribution >= 4 is 21.8 Å². The first kappa shape index (κ1) is 25.9. The van der Waals surface area contributed by atoms with Crippen molar-refractivity contribution in [1.82, 2.24) is 14.9 Å². The first-order chi connectivity index (χ1) is 16.0. The van der Waals surface area contributed by atoms with Crippen LogP contribution in [-0.2, 0) is 31.5 Å². The van der Waals surface area contributed by atoms with Crippen molar-refractivity contribution in [3.05, 3.63) is 65.2 Å². The van der Waals surface area contributed by atoms with E-state index in [1.807, 2.05) is 12.1 Å². The Labute approximate surface area is 201 Å². The van der Waals surface area contributed by atoms with Crippen LogP contribution in [0.5, 0.6) is 0 Å². The quantitative estimate of drug-likeness (QED) is 0.624. The predicted molar refractivity (Wildman–Crippen MR) is 130 cm³/mol. The first-order valence-electron chi connectivity index (χ1n) is 11.3. The van der Waals surface area contributed by atoms with Crippen LogP contribution in [-0.4, -0.2) is 56.9 Å². The van der Waals surface area contributed by atoms with Gasteiger partial charge in [0.15, 0.2) is 0 Å². The van der Waals surface area contributed by atoms with Gasteiger partial charge in [-0.25, -0.2) is 8.42 Å². The molecule has 2 aromatic carbocycles. The molecule has 3 rings (SSSR count). The Morgan fingerprint density at radius 3 is 2.15 bits per heavy atom. The Morgan fingerprint density at radius 1 is 1.00 bits per heavy atom. The molecule has 9 heteroatoms. The molecule has 0 spiro atoms. The fraction of sp³-hybridized carbons (Fsp3) is 0.440. The van der Waals surface area contributed by atoms with E-state index in [-0.39, 0.29) is 28.7 Å². The number of nitrogens with zero attached hydrogens (tertiary/aromatic N) is 1. The van der Waals surface area contributed by atoms with E-state index in [1.165, 1.54) is 4.31 Å². The normalized spacial score (nSPS) is 16.0. The molecule has 1 atom stereocenters. The van der Waals surface area contributed by atoms with E-state index in [9.17, 15) is 18.0 Å². The van der Waals surface area contributed by atoms with Crippen LogP contribution in [0.2, 0.25) is 0 Å². The van der Waals surface area contributed by atoms with Gasteiger partial charge in [0.2, 0.25) is 15.9 Å². The molecule has 0 aliphatic carbocycles. The number of morpholine rings is 1. The van der Waals surface area contributed by atoms with E-state index in [4.69, 9.17) is 4.74 Å². The highest BCUT2D eigenvalue weighted by molar-refractivity contribution is 7.89. The number of hydrogen-bond donors (Lipinski definition) is 2. The average molecular weight is 488 g/mol. The first-order valence-corrected chi connectivity index (χ1v) is 12.8. The maximum Gasteiger partial charge on any atom is 0.251 e. The highest BCUT2D eigenvalue weighted by Crippen LogP contribution is 2.22. The minimum atomic E-state index is -3.56. The number of carbonyl (C=O) groups is 2. The summed E-state index contributed by atoms with van der Waals surface area (Å²) in [5, 5.41) is 5.49. The van der Waals surface area contributed by atoms with Crippen molar-refractivity contribution in [3.63, 3.8) is 0 Å². The molecule has 184 valence electrons. The zero-order valence-corrected chi connectivity index (χ0v) is 20.9. The summed E-state index contributed by atoms with van der Waals surface area (Å²) < 4.78 is 32.0. The molecule has 0 unspecified atom stereocenters. The minimum Gasteiger partial charge on any atom is -0.379 e. The van der Waals surface area contributed by atoms with Crippen molar-refractivity contribution in [1.29, 1.82) is 0 Å². The van der Waals surface area contributed by atoms with Gasteiger partial charge < -0.3 is 15.4 Å². The Hall–Kier alpha value is -2.75. The van der Waals surface area contributed by atoms with Crippen LogP contribution < -0.4 is 10.6 Å². The predicted octanol–water partition coefficient (Wildman–Crippen LogP) is 2.44. The molecular formula is C25H33N3O5S. The summed E-state index contributed by atoms with van der Waals surface area (Å²) >= 11 is 0. The molecule has 1 heterocycles. The molecule has 0 radical (unpaired) electrons. The highest BCUT2D eigenvalue weighted by Gasteiger charge is 2.26. The summed E-state index contributed by atoms with van der Waals surface area (Å²) in [6.45, 7) is 9.60. The van der Waals surface area contributed by atoms with Crippen LogP contribution in [0.15, 0.2) is 53.4 Å². The van der Waals surface area contributed by atoms with Gasteiger partial charge in [0.1, 0.15) is 6.04 Å².